The normalized spacial score (nSPS) is 11.1. The molecule has 0 unspecified atom stereocenters. The highest BCUT2D eigenvalue weighted by molar-refractivity contribution is 5.73. The molecule has 0 aromatic rings. The minimum Gasteiger partial charge on any atom is -0.338 e. The predicted octanol–water partition coefficient (Wildman–Crippen LogP) is 2.04. The second kappa shape index (κ2) is 6.50. The van der Waals surface area contributed by atoms with Crippen LogP contribution in [0.25, 0.3) is 0 Å². The molecule has 0 saturated heterocycles. The highest BCUT2D eigenvalue weighted by Crippen LogP contribution is 2.20. The Balaban J connectivity index is 3.32. The Morgan fingerprint density at radius 3 is 2.29 bits per heavy atom. The molecule has 0 atom stereocenters. The first-order valence-electron chi connectivity index (χ1n) is 4.54. The molecule has 6 heteroatoms. The summed E-state index contributed by atoms with van der Waals surface area (Å²) in [5.74, 6) is 0. The number of urea groups is 1. The van der Waals surface area contributed by atoms with Gasteiger partial charge >= 0.3 is 12.2 Å². The first-order valence-corrected chi connectivity index (χ1v) is 4.54. The molecule has 0 aromatic heterocycles. The topological polar surface area (TPSA) is 41.1 Å². The largest absolute Gasteiger partial charge is 0.389 e. The summed E-state index contributed by atoms with van der Waals surface area (Å²) in [7, 11) is 0. The lowest BCUT2D eigenvalue weighted by molar-refractivity contribution is -0.135. The van der Waals surface area contributed by atoms with Crippen molar-refractivity contribution in [1.29, 1.82) is 0 Å². The van der Waals surface area contributed by atoms with Gasteiger partial charge in [-0.05, 0) is 12.8 Å². The van der Waals surface area contributed by atoms with Crippen molar-refractivity contribution in [3.63, 3.8) is 0 Å². The maximum absolute atomic E-state index is 11.7. The molecule has 0 spiro atoms. The number of hydrogen-bond acceptors (Lipinski definition) is 1. The van der Waals surface area contributed by atoms with E-state index in [-0.39, 0.29) is 13.0 Å². The van der Waals surface area contributed by atoms with E-state index >= 15 is 0 Å². The Morgan fingerprint density at radius 2 is 1.79 bits per heavy atom. The monoisotopic (exact) mass is 212 g/mol. The average Bonchev–Trinajstić information content (AvgIpc) is 2.07. The van der Waals surface area contributed by atoms with Gasteiger partial charge in [-0.3, -0.25) is 0 Å². The Kier molecular flexibility index (Phi) is 6.07. The van der Waals surface area contributed by atoms with E-state index in [0.717, 1.165) is 6.42 Å². The van der Waals surface area contributed by atoms with Crippen LogP contribution in [0.4, 0.5) is 18.0 Å². The van der Waals surface area contributed by atoms with Crippen LogP contribution < -0.4 is 10.6 Å². The average molecular weight is 212 g/mol. The van der Waals surface area contributed by atoms with Gasteiger partial charge in [-0.2, -0.15) is 13.2 Å². The van der Waals surface area contributed by atoms with Gasteiger partial charge in [0, 0.05) is 19.5 Å². The predicted molar refractivity (Wildman–Crippen MR) is 47.0 cm³/mol. The molecule has 0 aliphatic carbocycles. The zero-order valence-electron chi connectivity index (χ0n) is 8.08. The summed E-state index contributed by atoms with van der Waals surface area (Å²) in [6.45, 7) is 2.48. The molecule has 0 rings (SSSR count). The molecule has 14 heavy (non-hydrogen) atoms. The van der Waals surface area contributed by atoms with Crippen molar-refractivity contribution in [3.05, 3.63) is 0 Å². The summed E-state index contributed by atoms with van der Waals surface area (Å²) in [5.41, 5.74) is 0. The van der Waals surface area contributed by atoms with Crippen LogP contribution in [0, 0.1) is 0 Å². The number of nitrogens with one attached hydrogen (secondary N) is 2. The summed E-state index contributed by atoms with van der Waals surface area (Å²) in [4.78, 5) is 10.8. The molecule has 2 N–H and O–H groups in total. The van der Waals surface area contributed by atoms with Crippen LogP contribution in [0.15, 0.2) is 0 Å². The third kappa shape index (κ3) is 9.15. The Bertz CT molecular complexity index is 170. The van der Waals surface area contributed by atoms with Gasteiger partial charge in [0.05, 0.1) is 0 Å². The fourth-order valence-corrected chi connectivity index (χ4v) is 0.792. The Morgan fingerprint density at radius 1 is 1.21 bits per heavy atom. The fourth-order valence-electron chi connectivity index (χ4n) is 0.792. The van der Waals surface area contributed by atoms with Crippen molar-refractivity contribution in [3.8, 4) is 0 Å². The molecule has 84 valence electrons. The summed E-state index contributed by atoms with van der Waals surface area (Å²) in [5, 5.41) is 4.84. The Labute approximate surface area is 81.1 Å². The van der Waals surface area contributed by atoms with E-state index in [4.69, 9.17) is 0 Å². The van der Waals surface area contributed by atoms with Crippen molar-refractivity contribution >= 4 is 6.03 Å². The number of amides is 2. The number of rotatable bonds is 5. The van der Waals surface area contributed by atoms with E-state index in [1.807, 2.05) is 6.92 Å². The first kappa shape index (κ1) is 13.1. The van der Waals surface area contributed by atoms with Crippen molar-refractivity contribution in [2.45, 2.75) is 32.4 Å². The second-order valence-electron chi connectivity index (χ2n) is 2.90. The minimum atomic E-state index is -4.14. The third-order valence-corrected chi connectivity index (χ3v) is 1.46. The summed E-state index contributed by atoms with van der Waals surface area (Å²) in [6.07, 6.45) is -4.28. The second-order valence-corrected chi connectivity index (χ2v) is 2.90. The van der Waals surface area contributed by atoms with E-state index < -0.39 is 18.6 Å². The van der Waals surface area contributed by atoms with Crippen LogP contribution in [-0.4, -0.2) is 25.3 Å². The van der Waals surface area contributed by atoms with E-state index in [0.29, 0.717) is 6.54 Å². The number of hydrogen-bond donors (Lipinski definition) is 2. The molecule has 0 fully saturated rings. The molecular weight excluding hydrogens is 197 g/mol. The number of carbonyl (C=O) groups excluding carboxylic acids is 1. The van der Waals surface area contributed by atoms with Gasteiger partial charge < -0.3 is 10.6 Å². The van der Waals surface area contributed by atoms with Gasteiger partial charge in [0.15, 0.2) is 0 Å². The van der Waals surface area contributed by atoms with E-state index in [1.54, 1.807) is 0 Å². The third-order valence-electron chi connectivity index (χ3n) is 1.46. The summed E-state index contributed by atoms with van der Waals surface area (Å²) in [6, 6.07) is -0.408. The summed E-state index contributed by atoms with van der Waals surface area (Å²) >= 11 is 0. The van der Waals surface area contributed by atoms with Crippen LogP contribution in [0.1, 0.15) is 26.2 Å². The lowest BCUT2D eigenvalue weighted by atomic mass is 10.3. The smallest absolute Gasteiger partial charge is 0.338 e. The van der Waals surface area contributed by atoms with Gasteiger partial charge in [-0.1, -0.05) is 6.92 Å². The van der Waals surface area contributed by atoms with Gasteiger partial charge in [-0.25, -0.2) is 4.79 Å². The molecule has 0 aliphatic rings. The van der Waals surface area contributed by atoms with Crippen molar-refractivity contribution in [2.75, 3.05) is 13.1 Å². The first-order chi connectivity index (χ1) is 6.45. The zero-order valence-corrected chi connectivity index (χ0v) is 8.08. The molecular formula is C8H15F3N2O. The maximum Gasteiger partial charge on any atom is 0.389 e. The van der Waals surface area contributed by atoms with Crippen LogP contribution in [0.2, 0.25) is 0 Å². The minimum absolute atomic E-state index is 0.0507. The molecule has 0 heterocycles. The maximum atomic E-state index is 11.7. The highest BCUT2D eigenvalue weighted by atomic mass is 19.4. The molecule has 0 radical (unpaired) electrons. The molecule has 0 aliphatic heterocycles. The van der Waals surface area contributed by atoms with Crippen molar-refractivity contribution < 1.29 is 18.0 Å². The van der Waals surface area contributed by atoms with Crippen LogP contribution in [0.3, 0.4) is 0 Å². The highest BCUT2D eigenvalue weighted by Gasteiger charge is 2.25. The molecule has 0 saturated carbocycles. The number of alkyl halides is 3. The van der Waals surface area contributed by atoms with Crippen LogP contribution >= 0.6 is 0 Å². The van der Waals surface area contributed by atoms with Crippen molar-refractivity contribution in [2.24, 2.45) is 0 Å². The molecule has 3 nitrogen and oxygen atoms in total. The number of halogens is 3. The van der Waals surface area contributed by atoms with Gasteiger partial charge in [0.2, 0.25) is 0 Å². The van der Waals surface area contributed by atoms with E-state index in [9.17, 15) is 18.0 Å². The lowest BCUT2D eigenvalue weighted by Crippen LogP contribution is -2.36. The molecule has 0 aromatic carbocycles. The summed E-state index contributed by atoms with van der Waals surface area (Å²) < 4.78 is 35.0. The van der Waals surface area contributed by atoms with Crippen LogP contribution in [-0.2, 0) is 0 Å². The lowest BCUT2D eigenvalue weighted by Gasteiger charge is -2.08. The molecule has 2 amide bonds. The number of carbonyl (C=O) groups is 1. The van der Waals surface area contributed by atoms with Crippen LogP contribution in [0.5, 0.6) is 0 Å². The molecule has 0 bridgehead atoms. The Hall–Kier alpha value is -0.940. The van der Waals surface area contributed by atoms with E-state index in [2.05, 4.69) is 10.6 Å². The van der Waals surface area contributed by atoms with Gasteiger partial charge in [0.1, 0.15) is 0 Å². The SMILES string of the molecule is CCCNC(=O)NCCCC(F)(F)F. The van der Waals surface area contributed by atoms with Gasteiger partial charge in [0.25, 0.3) is 0 Å². The van der Waals surface area contributed by atoms with Crippen molar-refractivity contribution in [1.82, 2.24) is 10.6 Å². The quantitative estimate of drug-likeness (QED) is 0.673. The fraction of sp³-hybridized carbons (Fsp3) is 0.875. The standard InChI is InChI=1S/C8H15F3N2O/c1-2-5-12-7(14)13-6-3-4-8(9,10)11/h2-6H2,1H3,(H2,12,13,14). The zero-order chi connectivity index (χ0) is 11.0. The van der Waals surface area contributed by atoms with E-state index in [1.165, 1.54) is 0 Å². The van der Waals surface area contributed by atoms with Gasteiger partial charge in [-0.15, -0.1) is 0 Å².